The van der Waals surface area contributed by atoms with Crippen molar-refractivity contribution in [3.63, 3.8) is 0 Å². The van der Waals surface area contributed by atoms with Gasteiger partial charge in [-0.15, -0.1) is 0 Å². The molecule has 3 heteroatoms. The predicted octanol–water partition coefficient (Wildman–Crippen LogP) is 1.65. The van der Waals surface area contributed by atoms with Crippen LogP contribution in [-0.4, -0.2) is 62.7 Å². The zero-order valence-corrected chi connectivity index (χ0v) is 12.4. The minimum atomic E-state index is 0.612. The first-order valence-electron chi connectivity index (χ1n) is 7.16. The van der Waals surface area contributed by atoms with E-state index in [1.807, 2.05) is 0 Å². The summed E-state index contributed by atoms with van der Waals surface area (Å²) in [5, 5.41) is 3.57. The lowest BCUT2D eigenvalue weighted by molar-refractivity contribution is 0.149. The van der Waals surface area contributed by atoms with Crippen LogP contribution in [0.5, 0.6) is 0 Å². The second-order valence-electron chi connectivity index (χ2n) is 5.74. The van der Waals surface area contributed by atoms with Crippen LogP contribution in [0, 0.1) is 5.92 Å². The number of hydrogen-bond donors (Lipinski definition) is 1. The van der Waals surface area contributed by atoms with E-state index in [-0.39, 0.29) is 0 Å². The fourth-order valence-electron chi connectivity index (χ4n) is 3.18. The van der Waals surface area contributed by atoms with E-state index < -0.39 is 0 Å². The van der Waals surface area contributed by atoms with Crippen LogP contribution in [0.3, 0.4) is 0 Å². The van der Waals surface area contributed by atoms with Crippen LogP contribution in [0.15, 0.2) is 0 Å². The minimum absolute atomic E-state index is 0.612. The summed E-state index contributed by atoms with van der Waals surface area (Å²) >= 11 is 0. The molecule has 1 N–H and O–H groups in total. The van der Waals surface area contributed by atoms with Crippen LogP contribution in [0.2, 0.25) is 0 Å². The zero-order chi connectivity index (χ0) is 12.8. The minimum Gasteiger partial charge on any atom is -0.315 e. The molecule has 1 aliphatic heterocycles. The van der Waals surface area contributed by atoms with Crippen molar-refractivity contribution in [2.75, 3.05) is 40.8 Å². The largest absolute Gasteiger partial charge is 0.315 e. The van der Waals surface area contributed by atoms with Gasteiger partial charge in [-0.2, -0.15) is 0 Å². The quantitative estimate of drug-likeness (QED) is 0.789. The molecule has 0 radical (unpaired) electrons. The Morgan fingerprint density at radius 1 is 1.29 bits per heavy atom. The lowest BCUT2D eigenvalue weighted by Gasteiger charge is -2.37. The lowest BCUT2D eigenvalue weighted by Crippen LogP contribution is -2.54. The second-order valence-corrected chi connectivity index (χ2v) is 5.74. The Hall–Kier alpha value is -0.120. The molecule has 0 amide bonds. The number of rotatable bonds is 5. The molecule has 0 aromatic rings. The van der Waals surface area contributed by atoms with Crippen LogP contribution >= 0.6 is 0 Å². The van der Waals surface area contributed by atoms with Gasteiger partial charge in [0.15, 0.2) is 0 Å². The van der Waals surface area contributed by atoms with Gasteiger partial charge in [0.2, 0.25) is 0 Å². The molecule has 102 valence electrons. The second kappa shape index (κ2) is 7.34. The highest BCUT2D eigenvalue weighted by molar-refractivity contribution is 4.89. The normalized spacial score (nSPS) is 27.7. The molecule has 0 aromatic carbocycles. The summed E-state index contributed by atoms with van der Waals surface area (Å²) < 4.78 is 0. The monoisotopic (exact) mass is 241 g/mol. The van der Waals surface area contributed by atoms with Gasteiger partial charge in [-0.25, -0.2) is 0 Å². The van der Waals surface area contributed by atoms with Crippen molar-refractivity contribution >= 4 is 0 Å². The maximum atomic E-state index is 3.57. The molecular formula is C14H31N3. The average Bonchev–Trinajstić information content (AvgIpc) is 2.43. The summed E-state index contributed by atoms with van der Waals surface area (Å²) in [6.45, 7) is 8.33. The third-order valence-corrected chi connectivity index (χ3v) is 4.22. The highest BCUT2D eigenvalue weighted by atomic mass is 15.2. The van der Waals surface area contributed by atoms with Crippen LogP contribution in [0.1, 0.15) is 33.1 Å². The molecule has 3 unspecified atom stereocenters. The molecule has 3 nitrogen and oxygen atoms in total. The van der Waals surface area contributed by atoms with Crippen LogP contribution < -0.4 is 5.32 Å². The van der Waals surface area contributed by atoms with Crippen molar-refractivity contribution in [1.82, 2.24) is 15.1 Å². The Balaban J connectivity index is 2.69. The summed E-state index contributed by atoms with van der Waals surface area (Å²) in [5.74, 6) is 0.754. The molecule has 1 saturated heterocycles. The molecule has 17 heavy (non-hydrogen) atoms. The fraction of sp³-hybridized carbons (Fsp3) is 1.00. The Bertz CT molecular complexity index is 208. The van der Waals surface area contributed by atoms with Gasteiger partial charge in [0.05, 0.1) is 0 Å². The van der Waals surface area contributed by atoms with E-state index in [0.717, 1.165) is 5.92 Å². The summed E-state index contributed by atoms with van der Waals surface area (Å²) in [5.41, 5.74) is 0. The van der Waals surface area contributed by atoms with Gasteiger partial charge in [0, 0.05) is 18.6 Å². The highest BCUT2D eigenvalue weighted by Gasteiger charge is 2.30. The van der Waals surface area contributed by atoms with Crippen LogP contribution in [0.25, 0.3) is 0 Å². The molecule has 1 heterocycles. The molecule has 3 atom stereocenters. The lowest BCUT2D eigenvalue weighted by atomic mass is 9.90. The maximum absolute atomic E-state index is 3.57. The van der Waals surface area contributed by atoms with Gasteiger partial charge in [0.25, 0.3) is 0 Å². The number of hydrogen-bond acceptors (Lipinski definition) is 3. The molecule has 0 aromatic heterocycles. The molecule has 0 spiro atoms. The first kappa shape index (κ1) is 14.9. The topological polar surface area (TPSA) is 18.5 Å². The number of likely N-dealkylation sites (N-methyl/N-ethyl adjacent to an activating group) is 3. The van der Waals surface area contributed by atoms with Crippen molar-refractivity contribution in [1.29, 1.82) is 0 Å². The van der Waals surface area contributed by atoms with E-state index in [4.69, 9.17) is 0 Å². The van der Waals surface area contributed by atoms with E-state index in [0.29, 0.717) is 12.1 Å². The molecule has 0 bridgehead atoms. The predicted molar refractivity (Wildman–Crippen MR) is 75.5 cm³/mol. The fourth-order valence-corrected chi connectivity index (χ4v) is 3.18. The van der Waals surface area contributed by atoms with Crippen molar-refractivity contribution in [2.24, 2.45) is 5.92 Å². The summed E-state index contributed by atoms with van der Waals surface area (Å²) in [4.78, 5) is 5.04. The Morgan fingerprint density at radius 3 is 2.59 bits per heavy atom. The van der Waals surface area contributed by atoms with Crippen molar-refractivity contribution in [2.45, 2.75) is 45.2 Å². The number of nitrogens with one attached hydrogen (secondary N) is 1. The Labute approximate surface area is 108 Å². The summed E-state index contributed by atoms with van der Waals surface area (Å²) in [7, 11) is 6.66. The summed E-state index contributed by atoms with van der Waals surface area (Å²) in [6.07, 6.45) is 3.90. The summed E-state index contributed by atoms with van der Waals surface area (Å²) in [6, 6.07) is 1.26. The Kier molecular flexibility index (Phi) is 6.45. The third kappa shape index (κ3) is 4.23. The average molecular weight is 241 g/mol. The standard InChI is InChI=1S/C14H31N3/c1-6-8-12(2)14(15-3)13-11-16(4)9-7-10-17(13)5/h12-15H,6-11H2,1-5H3. The van der Waals surface area contributed by atoms with Gasteiger partial charge in [-0.05, 0) is 53.0 Å². The van der Waals surface area contributed by atoms with E-state index in [2.05, 4.69) is 50.1 Å². The first-order chi connectivity index (χ1) is 8.10. The van der Waals surface area contributed by atoms with Gasteiger partial charge in [-0.3, -0.25) is 0 Å². The van der Waals surface area contributed by atoms with Gasteiger partial charge in [-0.1, -0.05) is 20.3 Å². The maximum Gasteiger partial charge on any atom is 0.0375 e. The van der Waals surface area contributed by atoms with E-state index >= 15 is 0 Å². The molecule has 1 rings (SSSR count). The van der Waals surface area contributed by atoms with Gasteiger partial charge in [0.1, 0.15) is 0 Å². The molecule has 0 aliphatic carbocycles. The van der Waals surface area contributed by atoms with Gasteiger partial charge >= 0.3 is 0 Å². The number of nitrogens with zero attached hydrogens (tertiary/aromatic N) is 2. The van der Waals surface area contributed by atoms with E-state index in [1.165, 1.54) is 38.9 Å². The zero-order valence-electron chi connectivity index (χ0n) is 12.4. The van der Waals surface area contributed by atoms with Crippen LogP contribution in [-0.2, 0) is 0 Å². The van der Waals surface area contributed by atoms with Crippen LogP contribution in [0.4, 0.5) is 0 Å². The van der Waals surface area contributed by atoms with Crippen molar-refractivity contribution < 1.29 is 0 Å². The SMILES string of the molecule is CCCC(C)C(NC)C1CN(C)CCCN1C. The third-order valence-electron chi connectivity index (χ3n) is 4.22. The van der Waals surface area contributed by atoms with Gasteiger partial charge < -0.3 is 15.1 Å². The molecule has 1 fully saturated rings. The van der Waals surface area contributed by atoms with Crippen molar-refractivity contribution in [3.8, 4) is 0 Å². The van der Waals surface area contributed by atoms with E-state index in [1.54, 1.807) is 0 Å². The molecular weight excluding hydrogens is 210 g/mol. The Morgan fingerprint density at radius 2 is 2.00 bits per heavy atom. The van der Waals surface area contributed by atoms with E-state index in [9.17, 15) is 0 Å². The molecule has 1 aliphatic rings. The highest BCUT2D eigenvalue weighted by Crippen LogP contribution is 2.19. The smallest absolute Gasteiger partial charge is 0.0375 e. The molecule has 0 saturated carbocycles. The first-order valence-corrected chi connectivity index (χ1v) is 7.16. The van der Waals surface area contributed by atoms with Crippen molar-refractivity contribution in [3.05, 3.63) is 0 Å².